The number of likely N-dealkylation sites (tertiary alicyclic amines) is 1. The summed E-state index contributed by atoms with van der Waals surface area (Å²) in [6, 6.07) is 7.21. The third-order valence-corrected chi connectivity index (χ3v) is 4.57. The quantitative estimate of drug-likeness (QED) is 0.871. The summed E-state index contributed by atoms with van der Waals surface area (Å²) in [5.41, 5.74) is 4.18. The van der Waals surface area contributed by atoms with Gasteiger partial charge in [-0.15, -0.1) is 0 Å². The molecule has 1 N–H and O–H groups in total. The summed E-state index contributed by atoms with van der Waals surface area (Å²) in [4.78, 5) is 2.57. The molecule has 1 aromatic rings. The predicted molar refractivity (Wildman–Crippen MR) is 88.8 cm³/mol. The number of hydrogen-bond acceptors (Lipinski definition) is 3. The zero-order chi connectivity index (χ0) is 15.2. The lowest BCUT2D eigenvalue weighted by molar-refractivity contribution is 0.0384. The molecule has 0 aromatic heterocycles. The highest BCUT2D eigenvalue weighted by atomic mass is 16.5. The average Bonchev–Trinajstić information content (AvgIpc) is 2.50. The first-order chi connectivity index (χ1) is 10.1. The van der Waals surface area contributed by atoms with Crippen molar-refractivity contribution in [2.24, 2.45) is 0 Å². The van der Waals surface area contributed by atoms with Gasteiger partial charge in [-0.25, -0.2) is 0 Å². The zero-order valence-electron chi connectivity index (χ0n) is 14.0. The lowest BCUT2D eigenvalue weighted by Gasteiger charge is -2.34. The number of hydrogen-bond donors (Lipinski definition) is 1. The van der Waals surface area contributed by atoms with E-state index >= 15 is 0 Å². The van der Waals surface area contributed by atoms with Crippen molar-refractivity contribution >= 4 is 0 Å². The average molecular weight is 290 g/mol. The summed E-state index contributed by atoms with van der Waals surface area (Å²) < 4.78 is 5.47. The van der Waals surface area contributed by atoms with Crippen LogP contribution in [0.3, 0.4) is 0 Å². The van der Waals surface area contributed by atoms with Gasteiger partial charge in [0, 0.05) is 32.8 Å². The highest BCUT2D eigenvalue weighted by Gasteiger charge is 2.22. The molecule has 118 valence electrons. The number of piperidine rings is 1. The van der Waals surface area contributed by atoms with Crippen molar-refractivity contribution < 1.29 is 4.74 Å². The van der Waals surface area contributed by atoms with Crippen molar-refractivity contribution in [1.29, 1.82) is 0 Å². The molecule has 1 heterocycles. The minimum Gasteiger partial charge on any atom is -0.381 e. The molecule has 0 aliphatic carbocycles. The van der Waals surface area contributed by atoms with Crippen LogP contribution >= 0.6 is 0 Å². The van der Waals surface area contributed by atoms with Gasteiger partial charge in [0.1, 0.15) is 0 Å². The molecule has 3 nitrogen and oxygen atoms in total. The second-order valence-electron chi connectivity index (χ2n) is 6.21. The molecule has 1 aromatic carbocycles. The molecule has 21 heavy (non-hydrogen) atoms. The van der Waals surface area contributed by atoms with Crippen LogP contribution in [0.5, 0.6) is 0 Å². The number of nitrogens with zero attached hydrogens (tertiary/aromatic N) is 1. The number of nitrogens with one attached hydrogen (secondary N) is 1. The molecular weight excluding hydrogens is 260 g/mol. The molecule has 2 rings (SSSR count). The van der Waals surface area contributed by atoms with E-state index in [0.717, 1.165) is 39.0 Å². The Morgan fingerprint density at radius 2 is 2.00 bits per heavy atom. The van der Waals surface area contributed by atoms with E-state index in [9.17, 15) is 0 Å². The SMILES string of the molecule is CCNC(CN1CCC(OC)CC1)c1cc(C)ccc1C. The lowest BCUT2D eigenvalue weighted by Crippen LogP contribution is -2.41. The Labute approximate surface area is 129 Å². The van der Waals surface area contributed by atoms with E-state index in [1.54, 1.807) is 0 Å². The molecule has 1 unspecified atom stereocenters. The molecule has 1 atom stereocenters. The molecule has 3 heteroatoms. The van der Waals surface area contributed by atoms with Gasteiger partial charge in [-0.3, -0.25) is 0 Å². The Morgan fingerprint density at radius 1 is 1.29 bits per heavy atom. The van der Waals surface area contributed by atoms with Gasteiger partial charge >= 0.3 is 0 Å². The number of ether oxygens (including phenoxy) is 1. The molecule has 0 bridgehead atoms. The summed E-state index contributed by atoms with van der Waals surface area (Å²) in [7, 11) is 1.83. The summed E-state index contributed by atoms with van der Waals surface area (Å²) in [6.45, 7) is 11.0. The standard InChI is InChI=1S/C18H30N2O/c1-5-19-18(17-12-14(2)6-7-15(17)3)13-20-10-8-16(21-4)9-11-20/h6-7,12,16,18-19H,5,8-11,13H2,1-4H3. The summed E-state index contributed by atoms with van der Waals surface area (Å²) in [6.07, 6.45) is 2.77. The molecule has 1 saturated heterocycles. The van der Waals surface area contributed by atoms with Crippen LogP contribution in [-0.2, 0) is 4.74 Å². The molecule has 0 amide bonds. The number of benzene rings is 1. The van der Waals surface area contributed by atoms with E-state index in [0.29, 0.717) is 12.1 Å². The number of rotatable bonds is 6. The molecule has 0 radical (unpaired) electrons. The van der Waals surface area contributed by atoms with Crippen molar-refractivity contribution in [3.05, 3.63) is 34.9 Å². The Morgan fingerprint density at radius 3 is 2.62 bits per heavy atom. The second-order valence-corrected chi connectivity index (χ2v) is 6.21. The lowest BCUT2D eigenvalue weighted by atomic mass is 9.97. The zero-order valence-corrected chi connectivity index (χ0v) is 14.0. The number of aryl methyl sites for hydroxylation is 2. The minimum atomic E-state index is 0.425. The first kappa shape index (κ1) is 16.5. The monoisotopic (exact) mass is 290 g/mol. The van der Waals surface area contributed by atoms with Crippen LogP contribution in [0.2, 0.25) is 0 Å². The van der Waals surface area contributed by atoms with Gasteiger partial charge in [0.2, 0.25) is 0 Å². The molecule has 1 fully saturated rings. The Bertz CT molecular complexity index is 439. The van der Waals surface area contributed by atoms with Crippen LogP contribution in [0.25, 0.3) is 0 Å². The molecule has 0 saturated carbocycles. The van der Waals surface area contributed by atoms with Crippen LogP contribution in [0.4, 0.5) is 0 Å². The normalized spacial score (nSPS) is 18.9. The Hall–Kier alpha value is -0.900. The van der Waals surface area contributed by atoms with Crippen LogP contribution < -0.4 is 5.32 Å². The van der Waals surface area contributed by atoms with Crippen molar-refractivity contribution in [3.63, 3.8) is 0 Å². The van der Waals surface area contributed by atoms with Gasteiger partial charge in [-0.2, -0.15) is 0 Å². The van der Waals surface area contributed by atoms with Crippen LogP contribution in [0.1, 0.15) is 42.5 Å². The number of methoxy groups -OCH3 is 1. The molecule has 1 aliphatic rings. The maximum absolute atomic E-state index is 5.47. The summed E-state index contributed by atoms with van der Waals surface area (Å²) >= 11 is 0. The topological polar surface area (TPSA) is 24.5 Å². The minimum absolute atomic E-state index is 0.425. The first-order valence-corrected chi connectivity index (χ1v) is 8.19. The van der Waals surface area contributed by atoms with Gasteiger partial charge < -0.3 is 15.0 Å². The van der Waals surface area contributed by atoms with E-state index in [2.05, 4.69) is 49.2 Å². The number of likely N-dealkylation sites (N-methyl/N-ethyl adjacent to an activating group) is 1. The fourth-order valence-electron chi connectivity index (χ4n) is 3.24. The van der Waals surface area contributed by atoms with Crippen LogP contribution in [0.15, 0.2) is 18.2 Å². The third-order valence-electron chi connectivity index (χ3n) is 4.57. The van der Waals surface area contributed by atoms with E-state index in [1.807, 2.05) is 7.11 Å². The van der Waals surface area contributed by atoms with Gasteiger partial charge in [0.05, 0.1) is 6.10 Å². The van der Waals surface area contributed by atoms with E-state index < -0.39 is 0 Å². The highest BCUT2D eigenvalue weighted by molar-refractivity contribution is 5.33. The van der Waals surface area contributed by atoms with Crippen LogP contribution in [0, 0.1) is 13.8 Å². The van der Waals surface area contributed by atoms with Gasteiger partial charge in [-0.05, 0) is 44.4 Å². The smallest absolute Gasteiger partial charge is 0.0595 e. The van der Waals surface area contributed by atoms with Crippen molar-refractivity contribution in [1.82, 2.24) is 10.2 Å². The fourth-order valence-corrected chi connectivity index (χ4v) is 3.24. The maximum atomic E-state index is 5.47. The third kappa shape index (κ3) is 4.53. The Balaban J connectivity index is 2.04. The summed E-state index contributed by atoms with van der Waals surface area (Å²) in [5, 5.41) is 3.67. The largest absolute Gasteiger partial charge is 0.381 e. The van der Waals surface area contributed by atoms with Crippen molar-refractivity contribution in [2.75, 3.05) is 33.3 Å². The maximum Gasteiger partial charge on any atom is 0.0595 e. The molecule has 1 aliphatic heterocycles. The van der Waals surface area contributed by atoms with Crippen molar-refractivity contribution in [3.8, 4) is 0 Å². The first-order valence-electron chi connectivity index (χ1n) is 8.19. The molecular formula is C18H30N2O. The van der Waals surface area contributed by atoms with E-state index in [1.165, 1.54) is 16.7 Å². The molecule has 0 spiro atoms. The second kappa shape index (κ2) is 7.92. The van der Waals surface area contributed by atoms with Gasteiger partial charge in [0.25, 0.3) is 0 Å². The van der Waals surface area contributed by atoms with Crippen molar-refractivity contribution in [2.45, 2.75) is 45.8 Å². The summed E-state index contributed by atoms with van der Waals surface area (Å²) in [5.74, 6) is 0. The predicted octanol–water partition coefficient (Wildman–Crippen LogP) is 3.06. The van der Waals surface area contributed by atoms with E-state index in [-0.39, 0.29) is 0 Å². The fraction of sp³-hybridized carbons (Fsp3) is 0.667. The van der Waals surface area contributed by atoms with Gasteiger partial charge in [0.15, 0.2) is 0 Å². The highest BCUT2D eigenvalue weighted by Crippen LogP contribution is 2.22. The Kier molecular flexibility index (Phi) is 6.22. The van der Waals surface area contributed by atoms with Crippen LogP contribution in [-0.4, -0.2) is 44.3 Å². The van der Waals surface area contributed by atoms with Gasteiger partial charge in [-0.1, -0.05) is 30.7 Å². The van der Waals surface area contributed by atoms with E-state index in [4.69, 9.17) is 4.74 Å².